The number of rotatable bonds is 9. The number of hydroxylamine groups is 1. The maximum absolute atomic E-state index is 13.8. The molecule has 11 nitrogen and oxygen atoms in total. The zero-order chi connectivity index (χ0) is 33.1. The molecular formula is C34H42ClFN8O3. The zero-order valence-corrected chi connectivity index (χ0v) is 27.8. The molecule has 0 unspecified atom stereocenters. The Bertz CT molecular complexity index is 1600. The van der Waals surface area contributed by atoms with E-state index in [2.05, 4.69) is 55.9 Å². The summed E-state index contributed by atoms with van der Waals surface area (Å²) in [5, 5.41) is 8.09. The number of likely N-dealkylation sites (N-methyl/N-ethyl adjacent to an activating group) is 1. The number of carbonyl (C=O) groups excluding carboxylic acids is 1. The van der Waals surface area contributed by atoms with Crippen LogP contribution in [0.3, 0.4) is 0 Å². The van der Waals surface area contributed by atoms with Gasteiger partial charge in [0, 0.05) is 63.4 Å². The summed E-state index contributed by atoms with van der Waals surface area (Å²) in [6.45, 7) is 11.4. The quantitative estimate of drug-likeness (QED) is 0.280. The molecule has 47 heavy (non-hydrogen) atoms. The summed E-state index contributed by atoms with van der Waals surface area (Å²) in [5.41, 5.74) is 2.98. The minimum Gasteiger partial charge on any atom is -0.494 e. The van der Waals surface area contributed by atoms with Crippen molar-refractivity contribution in [2.45, 2.75) is 44.3 Å². The van der Waals surface area contributed by atoms with Gasteiger partial charge in [0.1, 0.15) is 23.7 Å². The van der Waals surface area contributed by atoms with Gasteiger partial charge in [-0.15, -0.1) is 0 Å². The lowest BCUT2D eigenvalue weighted by Crippen LogP contribution is -2.55. The van der Waals surface area contributed by atoms with Crippen LogP contribution in [0.15, 0.2) is 55.4 Å². The van der Waals surface area contributed by atoms with Crippen LogP contribution in [-0.4, -0.2) is 91.2 Å². The van der Waals surface area contributed by atoms with Crippen LogP contribution in [0.25, 0.3) is 0 Å². The number of hydrogen-bond acceptors (Lipinski definition) is 10. The van der Waals surface area contributed by atoms with E-state index >= 15 is 0 Å². The Labute approximate surface area is 280 Å². The van der Waals surface area contributed by atoms with Crippen molar-refractivity contribution in [3.8, 4) is 5.75 Å². The van der Waals surface area contributed by atoms with Gasteiger partial charge in [-0.25, -0.2) is 19.4 Å². The molecule has 2 aromatic carbocycles. The summed E-state index contributed by atoms with van der Waals surface area (Å²) in [6.07, 6.45) is 5.48. The number of piperazine rings is 1. The Morgan fingerprint density at radius 3 is 2.64 bits per heavy atom. The smallest absolute Gasteiger partial charge is 0.247 e. The van der Waals surface area contributed by atoms with E-state index in [4.69, 9.17) is 21.2 Å². The van der Waals surface area contributed by atoms with Crippen molar-refractivity contribution in [3.63, 3.8) is 0 Å². The molecule has 0 aliphatic carbocycles. The third-order valence-corrected chi connectivity index (χ3v) is 9.74. The maximum Gasteiger partial charge on any atom is 0.247 e. The first-order valence-corrected chi connectivity index (χ1v) is 16.4. The average molecular weight is 665 g/mol. The Balaban J connectivity index is 1.22. The van der Waals surface area contributed by atoms with Crippen LogP contribution in [0.1, 0.15) is 37.8 Å². The number of anilines is 5. The number of amides is 1. The molecule has 4 heterocycles. The molecule has 250 valence electrons. The van der Waals surface area contributed by atoms with Gasteiger partial charge in [0.2, 0.25) is 5.91 Å². The summed E-state index contributed by atoms with van der Waals surface area (Å²) in [4.78, 5) is 34.7. The molecule has 3 aromatic rings. The van der Waals surface area contributed by atoms with Crippen LogP contribution in [0, 0.1) is 5.82 Å². The molecule has 3 aliphatic heterocycles. The van der Waals surface area contributed by atoms with Gasteiger partial charge in [0.05, 0.1) is 41.8 Å². The molecule has 1 aromatic heterocycles. The van der Waals surface area contributed by atoms with Crippen LogP contribution >= 0.6 is 11.6 Å². The number of nitrogens with zero attached hydrogens (tertiary/aromatic N) is 6. The monoisotopic (exact) mass is 664 g/mol. The number of aromatic nitrogens is 2. The van der Waals surface area contributed by atoms with Crippen LogP contribution in [-0.2, 0) is 9.63 Å². The number of methoxy groups -OCH3 is 1. The molecule has 0 bridgehead atoms. The largest absolute Gasteiger partial charge is 0.494 e. The van der Waals surface area contributed by atoms with Gasteiger partial charge in [-0.1, -0.05) is 24.2 Å². The van der Waals surface area contributed by atoms with Gasteiger partial charge in [0.25, 0.3) is 0 Å². The highest BCUT2D eigenvalue weighted by Crippen LogP contribution is 2.41. The average Bonchev–Trinajstić information content (AvgIpc) is 3.58. The summed E-state index contributed by atoms with van der Waals surface area (Å²) in [6, 6.07) is 11.2. The first-order chi connectivity index (χ1) is 22.7. The molecule has 1 amide bonds. The number of ether oxygens (including phenoxy) is 1. The first-order valence-electron chi connectivity index (χ1n) is 16.0. The van der Waals surface area contributed by atoms with Crippen molar-refractivity contribution < 1.29 is 18.8 Å². The second-order valence-electron chi connectivity index (χ2n) is 12.3. The molecular weight excluding hydrogens is 623 g/mol. The SMILES string of the molecule is C=CC(=O)Nc1cc(Nc2cc(N3OCC[C@@H]3c3ccc(F)c(Cl)c3)ncn2)c(OC)cc1N1CCC(N2CCN(C)[C@H](C)C2)CC1. The summed E-state index contributed by atoms with van der Waals surface area (Å²) >= 11 is 6.07. The van der Waals surface area contributed by atoms with E-state index in [1.54, 1.807) is 30.4 Å². The lowest BCUT2D eigenvalue weighted by molar-refractivity contribution is -0.111. The van der Waals surface area contributed by atoms with E-state index in [-0.39, 0.29) is 17.0 Å². The highest BCUT2D eigenvalue weighted by Gasteiger charge is 2.32. The van der Waals surface area contributed by atoms with Crippen molar-refractivity contribution in [1.82, 2.24) is 19.8 Å². The lowest BCUT2D eigenvalue weighted by atomic mass is 10.00. The number of halogens is 2. The fourth-order valence-corrected chi connectivity index (χ4v) is 6.84. The van der Waals surface area contributed by atoms with Crippen molar-refractivity contribution >= 4 is 46.2 Å². The first kappa shape index (κ1) is 33.0. The second-order valence-corrected chi connectivity index (χ2v) is 12.7. The predicted octanol–water partition coefficient (Wildman–Crippen LogP) is 5.63. The van der Waals surface area contributed by atoms with Gasteiger partial charge in [0.15, 0.2) is 5.82 Å². The van der Waals surface area contributed by atoms with Crippen molar-refractivity contribution in [3.05, 3.63) is 71.8 Å². The number of carbonyl (C=O) groups is 1. The summed E-state index contributed by atoms with van der Waals surface area (Å²) in [5.74, 6) is 0.853. The molecule has 6 rings (SSSR count). The number of nitrogens with one attached hydrogen (secondary N) is 2. The van der Waals surface area contributed by atoms with E-state index < -0.39 is 5.82 Å². The Morgan fingerprint density at radius 2 is 1.91 bits per heavy atom. The standard InChI is InChI=1S/C34H42ClFN8O3/c1-5-34(45)40-27-17-28(31(46-4)18-30(27)42-11-8-24(9-12-42)43-14-13-41(3)22(2)20-43)39-32-19-33(38-21-37-32)44-29(10-15-47-44)23-6-7-26(36)25(35)16-23/h5-7,16-19,21-22,24,29H,1,8-15,20H2,2-4H3,(H,40,45)(H,37,38,39)/t22-,29-/m1/s1. The van der Waals surface area contributed by atoms with Crippen molar-refractivity contribution in [2.24, 2.45) is 0 Å². The molecule has 3 saturated heterocycles. The Kier molecular flexibility index (Phi) is 10.1. The van der Waals surface area contributed by atoms with Crippen LogP contribution in [0.5, 0.6) is 5.75 Å². The Morgan fingerprint density at radius 1 is 1.11 bits per heavy atom. The highest BCUT2D eigenvalue weighted by molar-refractivity contribution is 6.30. The van der Waals surface area contributed by atoms with Crippen LogP contribution in [0.2, 0.25) is 5.02 Å². The molecule has 2 atom stereocenters. The van der Waals surface area contributed by atoms with E-state index in [0.717, 1.165) is 56.8 Å². The van der Waals surface area contributed by atoms with E-state index in [1.807, 2.05) is 12.1 Å². The van der Waals surface area contributed by atoms with Gasteiger partial charge in [-0.3, -0.25) is 14.5 Å². The molecule has 0 spiro atoms. The zero-order valence-electron chi connectivity index (χ0n) is 27.1. The normalized spacial score (nSPS) is 21.1. The van der Waals surface area contributed by atoms with Crippen molar-refractivity contribution in [2.75, 3.05) is 74.1 Å². The van der Waals surface area contributed by atoms with Gasteiger partial charge in [-0.05, 0) is 56.7 Å². The highest BCUT2D eigenvalue weighted by atomic mass is 35.5. The fourth-order valence-electron chi connectivity index (χ4n) is 6.65. The number of hydrogen-bond donors (Lipinski definition) is 2. The minimum absolute atomic E-state index is 0.0586. The molecule has 13 heteroatoms. The molecule has 3 fully saturated rings. The second kappa shape index (κ2) is 14.4. The van der Waals surface area contributed by atoms with Crippen molar-refractivity contribution in [1.29, 1.82) is 0 Å². The minimum atomic E-state index is -0.470. The summed E-state index contributed by atoms with van der Waals surface area (Å²) < 4.78 is 19.7. The van der Waals surface area contributed by atoms with Crippen LogP contribution in [0.4, 0.5) is 33.1 Å². The topological polar surface area (TPSA) is 98.3 Å². The maximum atomic E-state index is 13.8. The number of benzene rings is 2. The van der Waals surface area contributed by atoms with E-state index in [0.29, 0.717) is 53.9 Å². The van der Waals surface area contributed by atoms with Gasteiger partial charge >= 0.3 is 0 Å². The summed E-state index contributed by atoms with van der Waals surface area (Å²) in [7, 11) is 3.82. The molecule has 2 N–H and O–H groups in total. The third-order valence-electron chi connectivity index (χ3n) is 9.45. The van der Waals surface area contributed by atoms with Gasteiger partial charge < -0.3 is 25.2 Å². The molecule has 0 saturated carbocycles. The van der Waals surface area contributed by atoms with Gasteiger partial charge in [-0.2, -0.15) is 0 Å². The number of piperidine rings is 1. The predicted molar refractivity (Wildman–Crippen MR) is 183 cm³/mol. The van der Waals surface area contributed by atoms with E-state index in [1.165, 1.54) is 18.5 Å². The fraction of sp³-hybridized carbons (Fsp3) is 0.441. The third kappa shape index (κ3) is 7.30. The molecule has 3 aliphatic rings. The lowest BCUT2D eigenvalue weighted by Gasteiger charge is -2.45. The van der Waals surface area contributed by atoms with Crippen LogP contribution < -0.4 is 25.3 Å². The van der Waals surface area contributed by atoms with E-state index in [9.17, 15) is 9.18 Å². The molecule has 0 radical (unpaired) electrons. The Hall–Kier alpha value is -3.97.